The second kappa shape index (κ2) is 14.8. The molecular weight excluding hydrogens is 495 g/mol. The number of rotatable bonds is 7. The lowest BCUT2D eigenvalue weighted by atomic mass is 9.95. The third-order valence-corrected chi connectivity index (χ3v) is 7.04. The molecule has 0 spiro atoms. The van der Waals surface area contributed by atoms with Crippen LogP contribution in [0.2, 0.25) is 0 Å². The Labute approximate surface area is 222 Å². The van der Waals surface area contributed by atoms with Crippen molar-refractivity contribution < 1.29 is 23.1 Å². The fourth-order valence-corrected chi connectivity index (χ4v) is 4.98. The zero-order chi connectivity index (χ0) is 27.4. The Bertz CT molecular complexity index is 1040. The van der Waals surface area contributed by atoms with E-state index in [1.807, 2.05) is 0 Å². The van der Waals surface area contributed by atoms with Crippen molar-refractivity contribution in [2.24, 2.45) is 0 Å². The number of aryl methyl sites for hydroxylation is 1. The number of hydrogen-bond donors (Lipinski definition) is 1. The number of piperazine rings is 1. The summed E-state index contributed by atoms with van der Waals surface area (Å²) < 4.78 is 31.7. The topological polar surface area (TPSA) is 93.4 Å². The minimum atomic E-state index is -5.08. The molecule has 1 saturated carbocycles. The maximum Gasteiger partial charge on any atom is 0.490 e. The van der Waals surface area contributed by atoms with Gasteiger partial charge in [0, 0.05) is 50.0 Å². The van der Waals surface area contributed by atoms with Crippen molar-refractivity contribution in [1.82, 2.24) is 19.8 Å². The molecule has 1 aromatic heterocycles. The van der Waals surface area contributed by atoms with Crippen LogP contribution < -0.4 is 0 Å². The van der Waals surface area contributed by atoms with E-state index in [2.05, 4.69) is 62.2 Å². The summed E-state index contributed by atoms with van der Waals surface area (Å²) in [6.45, 7) is 6.68. The van der Waals surface area contributed by atoms with E-state index in [0.29, 0.717) is 11.7 Å². The molecule has 1 N–H and O–H groups in total. The summed E-state index contributed by atoms with van der Waals surface area (Å²) >= 11 is 0. The number of nitriles is 1. The lowest BCUT2D eigenvalue weighted by Crippen LogP contribution is -2.46. The highest BCUT2D eigenvalue weighted by molar-refractivity contribution is 5.73. The van der Waals surface area contributed by atoms with Gasteiger partial charge in [0.05, 0.1) is 0 Å². The maximum atomic E-state index is 10.6. The minimum absolute atomic E-state index is 0.353. The van der Waals surface area contributed by atoms with Crippen LogP contribution in [-0.4, -0.2) is 69.7 Å². The highest BCUT2D eigenvalue weighted by atomic mass is 19.4. The molecule has 4 rings (SSSR count). The molecule has 0 unspecified atom stereocenters. The van der Waals surface area contributed by atoms with Gasteiger partial charge in [-0.15, -0.1) is 0 Å². The third kappa shape index (κ3) is 10.0. The monoisotopic (exact) mass is 531 g/mol. The molecule has 1 aliphatic heterocycles. The number of nitrogens with zero attached hydrogens (tertiary/aromatic N) is 5. The molecule has 2 fully saturated rings. The largest absolute Gasteiger partial charge is 0.490 e. The summed E-state index contributed by atoms with van der Waals surface area (Å²) in [4.78, 5) is 23.1. The number of aromatic nitrogens is 2. The number of carbonyl (C=O) groups is 1. The number of hydrogen-bond acceptors (Lipinski definition) is 6. The first-order chi connectivity index (χ1) is 18.2. The van der Waals surface area contributed by atoms with E-state index >= 15 is 0 Å². The molecule has 0 bridgehead atoms. The van der Waals surface area contributed by atoms with Crippen LogP contribution in [0.1, 0.15) is 73.6 Å². The van der Waals surface area contributed by atoms with Crippen LogP contribution >= 0.6 is 0 Å². The lowest BCUT2D eigenvalue weighted by Gasteiger charge is -2.34. The number of carboxylic acids is 1. The van der Waals surface area contributed by atoms with Gasteiger partial charge < -0.3 is 10.0 Å². The van der Waals surface area contributed by atoms with Crippen LogP contribution in [0, 0.1) is 11.3 Å². The normalized spacial score (nSPS) is 17.6. The van der Waals surface area contributed by atoms with E-state index in [1.165, 1.54) is 44.1 Å². The van der Waals surface area contributed by atoms with E-state index in [4.69, 9.17) is 9.90 Å². The second-order valence-electron chi connectivity index (χ2n) is 9.92. The molecule has 1 aliphatic carbocycles. The second-order valence-corrected chi connectivity index (χ2v) is 9.92. The van der Waals surface area contributed by atoms with Crippen molar-refractivity contribution in [3.05, 3.63) is 59.2 Å². The van der Waals surface area contributed by atoms with Crippen molar-refractivity contribution in [3.63, 3.8) is 0 Å². The molecule has 2 aromatic rings. The Hall–Kier alpha value is -3.03. The molecule has 10 heteroatoms. The van der Waals surface area contributed by atoms with Crippen molar-refractivity contribution in [2.75, 3.05) is 32.7 Å². The van der Waals surface area contributed by atoms with Gasteiger partial charge in [0.1, 0.15) is 6.07 Å². The summed E-state index contributed by atoms with van der Waals surface area (Å²) in [5.41, 5.74) is 3.56. The average Bonchev–Trinajstić information content (AvgIpc) is 3.20. The first kappa shape index (κ1) is 29.5. The zero-order valence-corrected chi connectivity index (χ0v) is 21.7. The maximum absolute atomic E-state index is 10.6. The van der Waals surface area contributed by atoms with Crippen LogP contribution in [-0.2, 0) is 17.8 Å². The molecule has 1 saturated heterocycles. The summed E-state index contributed by atoms with van der Waals surface area (Å²) in [5, 5.41) is 16.5. The molecular formula is C28H36F3N5O2. The number of benzene rings is 1. The first-order valence-corrected chi connectivity index (χ1v) is 13.3. The van der Waals surface area contributed by atoms with Gasteiger partial charge in [-0.25, -0.2) is 14.8 Å². The molecule has 206 valence electrons. The quantitative estimate of drug-likeness (QED) is 0.493. The predicted octanol–water partition coefficient (Wildman–Crippen LogP) is 5.17. The SMILES string of the molecule is N#Cc1nc(CCCN2CCN(Cc3ccccc3)CC2)cc(C2CCCCCC2)n1.O=C(O)C(F)(F)F. The van der Waals surface area contributed by atoms with Gasteiger partial charge in [0.2, 0.25) is 5.82 Å². The summed E-state index contributed by atoms with van der Waals surface area (Å²) in [6.07, 6.45) is 4.57. The molecule has 0 atom stereocenters. The Morgan fingerprint density at radius 2 is 1.61 bits per heavy atom. The molecule has 2 heterocycles. The van der Waals surface area contributed by atoms with Crippen molar-refractivity contribution in [2.45, 2.75) is 70.0 Å². The van der Waals surface area contributed by atoms with E-state index in [9.17, 15) is 18.4 Å². The third-order valence-electron chi connectivity index (χ3n) is 7.04. The smallest absolute Gasteiger partial charge is 0.475 e. The number of aliphatic carboxylic acids is 1. The summed E-state index contributed by atoms with van der Waals surface area (Å²) in [7, 11) is 0. The van der Waals surface area contributed by atoms with Gasteiger partial charge in [0.15, 0.2) is 0 Å². The number of alkyl halides is 3. The Balaban J connectivity index is 0.000000505. The molecule has 1 aromatic carbocycles. The van der Waals surface area contributed by atoms with Crippen molar-refractivity contribution in [1.29, 1.82) is 5.26 Å². The molecule has 2 aliphatic rings. The predicted molar refractivity (Wildman–Crippen MR) is 137 cm³/mol. The van der Waals surface area contributed by atoms with Gasteiger partial charge in [0.25, 0.3) is 0 Å². The summed E-state index contributed by atoms with van der Waals surface area (Å²) in [5.74, 6) is -1.90. The van der Waals surface area contributed by atoms with Gasteiger partial charge in [-0.3, -0.25) is 4.90 Å². The van der Waals surface area contributed by atoms with Gasteiger partial charge >= 0.3 is 12.1 Å². The number of halogens is 3. The molecule has 0 radical (unpaired) electrons. The van der Waals surface area contributed by atoms with Crippen LogP contribution in [0.4, 0.5) is 13.2 Å². The van der Waals surface area contributed by atoms with Crippen LogP contribution in [0.25, 0.3) is 0 Å². The van der Waals surface area contributed by atoms with Gasteiger partial charge in [-0.1, -0.05) is 56.0 Å². The minimum Gasteiger partial charge on any atom is -0.475 e. The zero-order valence-electron chi connectivity index (χ0n) is 21.7. The Morgan fingerprint density at radius 3 is 2.18 bits per heavy atom. The Morgan fingerprint density at radius 1 is 1.00 bits per heavy atom. The van der Waals surface area contributed by atoms with Gasteiger partial charge in [-0.05, 0) is 43.9 Å². The van der Waals surface area contributed by atoms with E-state index < -0.39 is 12.1 Å². The van der Waals surface area contributed by atoms with E-state index in [-0.39, 0.29) is 0 Å². The van der Waals surface area contributed by atoms with Crippen LogP contribution in [0.5, 0.6) is 0 Å². The van der Waals surface area contributed by atoms with Gasteiger partial charge in [-0.2, -0.15) is 18.4 Å². The lowest BCUT2D eigenvalue weighted by molar-refractivity contribution is -0.192. The summed E-state index contributed by atoms with van der Waals surface area (Å²) in [6, 6.07) is 15.1. The highest BCUT2D eigenvalue weighted by Gasteiger charge is 2.38. The van der Waals surface area contributed by atoms with Crippen LogP contribution in [0.15, 0.2) is 36.4 Å². The van der Waals surface area contributed by atoms with E-state index in [1.54, 1.807) is 0 Å². The van der Waals surface area contributed by atoms with Crippen LogP contribution in [0.3, 0.4) is 0 Å². The van der Waals surface area contributed by atoms with E-state index in [0.717, 1.165) is 63.5 Å². The molecule has 7 nitrogen and oxygen atoms in total. The standard InChI is InChI=1S/C26H35N5.C2HF3O2/c27-20-26-28-24(19-25(29-26)23-11-6-1-2-7-12-23)13-8-14-30-15-17-31(18-16-30)21-22-9-4-3-5-10-22;3-2(4,5)1(6)7/h3-5,9-10,19,23H,1-2,6-8,11-18,21H2;(H,6,7). The molecule has 0 amide bonds. The Kier molecular flexibility index (Phi) is 11.5. The number of carboxylic acid groups (broad SMARTS) is 1. The highest BCUT2D eigenvalue weighted by Crippen LogP contribution is 2.31. The average molecular weight is 532 g/mol. The van der Waals surface area contributed by atoms with Crippen molar-refractivity contribution >= 4 is 5.97 Å². The first-order valence-electron chi connectivity index (χ1n) is 13.3. The van der Waals surface area contributed by atoms with Crippen molar-refractivity contribution in [3.8, 4) is 6.07 Å². The fraction of sp³-hybridized carbons (Fsp3) is 0.571. The molecule has 38 heavy (non-hydrogen) atoms. The fourth-order valence-electron chi connectivity index (χ4n) is 4.98.